The highest BCUT2D eigenvalue weighted by Crippen LogP contribution is 2.29. The summed E-state index contributed by atoms with van der Waals surface area (Å²) < 4.78 is 34.0. The zero-order chi connectivity index (χ0) is 21.8. The molecule has 5 nitrogen and oxygen atoms in total. The highest BCUT2D eigenvalue weighted by Gasteiger charge is 2.18. The minimum Gasteiger partial charge on any atom is -0.494 e. The minimum atomic E-state index is -0.593. The molecule has 0 amide bonds. The summed E-state index contributed by atoms with van der Waals surface area (Å²) in [6.45, 7) is 0. The van der Waals surface area contributed by atoms with Gasteiger partial charge >= 0.3 is 0 Å². The van der Waals surface area contributed by atoms with Crippen LogP contribution in [0.2, 0.25) is 0 Å². The minimum absolute atomic E-state index is 0.0418. The van der Waals surface area contributed by atoms with Gasteiger partial charge in [0.2, 0.25) is 0 Å². The van der Waals surface area contributed by atoms with Crippen molar-refractivity contribution in [3.8, 4) is 22.8 Å². The van der Waals surface area contributed by atoms with Crippen molar-refractivity contribution >= 4 is 17.5 Å². The summed E-state index contributed by atoms with van der Waals surface area (Å²) in [7, 11) is 1.37. The lowest BCUT2D eigenvalue weighted by molar-refractivity contribution is 0.102. The summed E-state index contributed by atoms with van der Waals surface area (Å²) in [6, 6.07) is 19.5. The van der Waals surface area contributed by atoms with Gasteiger partial charge < -0.3 is 4.74 Å². The molecule has 0 N–H and O–H groups in total. The van der Waals surface area contributed by atoms with Crippen molar-refractivity contribution in [1.82, 2.24) is 14.8 Å². The molecular formula is C23H17F2N3O2S. The Morgan fingerprint density at radius 1 is 1.00 bits per heavy atom. The molecule has 0 aliphatic rings. The van der Waals surface area contributed by atoms with Gasteiger partial charge in [-0.1, -0.05) is 30.0 Å². The number of para-hydroxylation sites is 1. The molecule has 0 saturated carbocycles. The third-order valence-electron chi connectivity index (χ3n) is 4.56. The number of ketones is 1. The monoisotopic (exact) mass is 437 g/mol. The Labute approximate surface area is 181 Å². The number of aromatic nitrogens is 3. The second kappa shape index (κ2) is 9.09. The Kier molecular flexibility index (Phi) is 6.08. The lowest BCUT2D eigenvalue weighted by atomic mass is 10.1. The SMILES string of the molecule is COc1ccc(C(=O)CSc2nnc(-c3ccc(F)cc3)n2-c2ccccc2)cc1F. The van der Waals surface area contributed by atoms with Crippen molar-refractivity contribution in [3.05, 3.63) is 90.0 Å². The summed E-state index contributed by atoms with van der Waals surface area (Å²) in [5.41, 5.74) is 1.74. The van der Waals surface area contributed by atoms with E-state index < -0.39 is 5.82 Å². The standard InChI is InChI=1S/C23H17F2N3O2S/c1-30-21-12-9-16(13-19(21)25)20(29)14-31-23-27-26-22(15-7-10-17(24)11-8-15)28(23)18-5-3-2-4-6-18/h2-13H,14H2,1H3. The lowest BCUT2D eigenvalue weighted by Crippen LogP contribution is -2.05. The predicted molar refractivity (Wildman–Crippen MR) is 115 cm³/mol. The molecule has 31 heavy (non-hydrogen) atoms. The van der Waals surface area contributed by atoms with Crippen LogP contribution in [0.1, 0.15) is 10.4 Å². The number of thioether (sulfide) groups is 1. The second-order valence-corrected chi connectivity index (χ2v) is 7.49. The molecule has 4 rings (SSSR count). The summed E-state index contributed by atoms with van der Waals surface area (Å²) in [5, 5.41) is 8.99. The molecule has 0 unspecified atom stereocenters. The van der Waals surface area contributed by atoms with Crippen LogP contribution in [0, 0.1) is 11.6 Å². The zero-order valence-corrected chi connectivity index (χ0v) is 17.3. The highest BCUT2D eigenvalue weighted by molar-refractivity contribution is 7.99. The van der Waals surface area contributed by atoms with Crippen LogP contribution in [-0.2, 0) is 0 Å². The molecule has 1 heterocycles. The van der Waals surface area contributed by atoms with E-state index in [0.29, 0.717) is 16.5 Å². The molecule has 3 aromatic carbocycles. The van der Waals surface area contributed by atoms with E-state index >= 15 is 0 Å². The van der Waals surface area contributed by atoms with E-state index in [-0.39, 0.29) is 28.7 Å². The Bertz CT molecular complexity index is 1210. The summed E-state index contributed by atoms with van der Waals surface area (Å²) >= 11 is 1.19. The average molecular weight is 437 g/mol. The Hall–Kier alpha value is -3.52. The molecule has 4 aromatic rings. The number of carbonyl (C=O) groups excluding carboxylic acids is 1. The van der Waals surface area contributed by atoms with Crippen LogP contribution < -0.4 is 4.74 Å². The van der Waals surface area contributed by atoms with E-state index in [1.54, 1.807) is 16.7 Å². The second-order valence-electron chi connectivity index (χ2n) is 6.55. The van der Waals surface area contributed by atoms with E-state index in [2.05, 4.69) is 10.2 Å². The number of hydrogen-bond acceptors (Lipinski definition) is 5. The van der Waals surface area contributed by atoms with Gasteiger partial charge in [0, 0.05) is 16.8 Å². The molecule has 8 heteroatoms. The van der Waals surface area contributed by atoms with E-state index in [9.17, 15) is 13.6 Å². The van der Waals surface area contributed by atoms with Crippen molar-refractivity contribution in [3.63, 3.8) is 0 Å². The average Bonchev–Trinajstić information content (AvgIpc) is 3.22. The predicted octanol–water partition coefficient (Wildman–Crippen LogP) is 5.20. The lowest BCUT2D eigenvalue weighted by Gasteiger charge is -2.10. The van der Waals surface area contributed by atoms with Crippen molar-refractivity contribution in [2.24, 2.45) is 0 Å². The topological polar surface area (TPSA) is 57.0 Å². The number of rotatable bonds is 7. The Balaban J connectivity index is 1.63. The number of nitrogens with zero attached hydrogens (tertiary/aromatic N) is 3. The van der Waals surface area contributed by atoms with Crippen LogP contribution in [-0.4, -0.2) is 33.4 Å². The van der Waals surface area contributed by atoms with Crippen LogP contribution >= 0.6 is 11.8 Å². The van der Waals surface area contributed by atoms with Crippen LogP contribution in [0.15, 0.2) is 78.0 Å². The van der Waals surface area contributed by atoms with Gasteiger partial charge in [-0.2, -0.15) is 0 Å². The quantitative estimate of drug-likeness (QED) is 0.294. The molecular weight excluding hydrogens is 420 g/mol. The first-order chi connectivity index (χ1) is 15.1. The maximum atomic E-state index is 13.9. The molecule has 0 saturated heterocycles. The fraction of sp³-hybridized carbons (Fsp3) is 0.0870. The molecule has 156 valence electrons. The molecule has 0 atom stereocenters. The molecule has 0 aliphatic carbocycles. The summed E-state index contributed by atoms with van der Waals surface area (Å²) in [6.07, 6.45) is 0. The first-order valence-corrected chi connectivity index (χ1v) is 10.3. The highest BCUT2D eigenvalue weighted by atomic mass is 32.2. The number of methoxy groups -OCH3 is 1. The van der Waals surface area contributed by atoms with Crippen molar-refractivity contribution < 1.29 is 18.3 Å². The number of carbonyl (C=O) groups is 1. The van der Waals surface area contributed by atoms with E-state index in [1.807, 2.05) is 30.3 Å². The maximum absolute atomic E-state index is 13.9. The van der Waals surface area contributed by atoms with Crippen LogP contribution in [0.5, 0.6) is 5.75 Å². The third kappa shape index (κ3) is 4.49. The van der Waals surface area contributed by atoms with Gasteiger partial charge in [-0.25, -0.2) is 8.78 Å². The van der Waals surface area contributed by atoms with Crippen molar-refractivity contribution in [2.45, 2.75) is 5.16 Å². The van der Waals surface area contributed by atoms with Crippen LogP contribution in [0.25, 0.3) is 17.1 Å². The van der Waals surface area contributed by atoms with Gasteiger partial charge in [-0.3, -0.25) is 9.36 Å². The maximum Gasteiger partial charge on any atom is 0.196 e. The molecule has 1 aromatic heterocycles. The first-order valence-electron chi connectivity index (χ1n) is 9.33. The molecule has 0 bridgehead atoms. The normalized spacial score (nSPS) is 10.8. The van der Waals surface area contributed by atoms with Gasteiger partial charge in [0.25, 0.3) is 0 Å². The van der Waals surface area contributed by atoms with E-state index in [4.69, 9.17) is 4.74 Å². The Morgan fingerprint density at radius 2 is 1.74 bits per heavy atom. The molecule has 0 aliphatic heterocycles. The van der Waals surface area contributed by atoms with Gasteiger partial charge in [0.15, 0.2) is 28.3 Å². The largest absolute Gasteiger partial charge is 0.494 e. The zero-order valence-electron chi connectivity index (χ0n) is 16.5. The van der Waals surface area contributed by atoms with Crippen LogP contribution in [0.3, 0.4) is 0 Å². The fourth-order valence-electron chi connectivity index (χ4n) is 3.01. The summed E-state index contributed by atoms with van der Waals surface area (Å²) in [5.74, 6) is -0.544. The fourth-order valence-corrected chi connectivity index (χ4v) is 3.86. The Morgan fingerprint density at radius 3 is 2.42 bits per heavy atom. The van der Waals surface area contributed by atoms with E-state index in [1.165, 1.54) is 43.1 Å². The van der Waals surface area contributed by atoms with Crippen LogP contribution in [0.4, 0.5) is 8.78 Å². The summed E-state index contributed by atoms with van der Waals surface area (Å²) in [4.78, 5) is 12.6. The van der Waals surface area contributed by atoms with Gasteiger partial charge in [-0.15, -0.1) is 10.2 Å². The van der Waals surface area contributed by atoms with Crippen molar-refractivity contribution in [2.75, 3.05) is 12.9 Å². The number of benzene rings is 3. The molecule has 0 radical (unpaired) electrons. The number of hydrogen-bond donors (Lipinski definition) is 0. The van der Waals surface area contributed by atoms with Gasteiger partial charge in [-0.05, 0) is 54.6 Å². The smallest absolute Gasteiger partial charge is 0.196 e. The molecule has 0 fully saturated rings. The molecule has 0 spiro atoms. The number of ether oxygens (including phenoxy) is 1. The number of Topliss-reactive ketones (excluding diaryl/α,β-unsaturated/α-hetero) is 1. The van der Waals surface area contributed by atoms with Gasteiger partial charge in [0.05, 0.1) is 12.9 Å². The van der Waals surface area contributed by atoms with Gasteiger partial charge in [0.1, 0.15) is 5.82 Å². The first kappa shape index (κ1) is 20.7. The third-order valence-corrected chi connectivity index (χ3v) is 5.49. The number of halogens is 2. The van der Waals surface area contributed by atoms with Crippen molar-refractivity contribution in [1.29, 1.82) is 0 Å². The van der Waals surface area contributed by atoms with E-state index in [0.717, 1.165) is 11.8 Å².